The summed E-state index contributed by atoms with van der Waals surface area (Å²) in [6.45, 7) is 1.44. The zero-order chi connectivity index (χ0) is 13.5. The summed E-state index contributed by atoms with van der Waals surface area (Å²) in [5.74, 6) is 0.304. The molecule has 0 saturated carbocycles. The van der Waals surface area contributed by atoms with E-state index in [1.54, 1.807) is 0 Å². The normalized spacial score (nSPS) is 18.1. The van der Waals surface area contributed by atoms with Crippen LogP contribution in [0.4, 0.5) is 0 Å². The van der Waals surface area contributed by atoms with Gasteiger partial charge < -0.3 is 10.5 Å². The molecule has 1 aromatic carbocycles. The number of fused-ring (bicyclic) bond motifs is 1. The van der Waals surface area contributed by atoms with Gasteiger partial charge in [0.15, 0.2) is 0 Å². The summed E-state index contributed by atoms with van der Waals surface area (Å²) in [4.78, 5) is 12.0. The number of carbonyl (C=O) groups excluding carboxylic acids is 1. The molecule has 1 aliphatic rings. The predicted molar refractivity (Wildman–Crippen MR) is 76.0 cm³/mol. The van der Waals surface area contributed by atoms with E-state index >= 15 is 0 Å². The smallest absolute Gasteiger partial charge is 0.135 e. The van der Waals surface area contributed by atoms with Gasteiger partial charge in [-0.05, 0) is 36.9 Å². The fraction of sp³-hybridized carbons (Fsp3) is 0.562. The van der Waals surface area contributed by atoms with Crippen molar-refractivity contribution in [1.29, 1.82) is 0 Å². The summed E-state index contributed by atoms with van der Waals surface area (Å²) in [6.07, 6.45) is 5.09. The average molecular weight is 261 g/mol. The first-order chi connectivity index (χ1) is 9.31. The monoisotopic (exact) mass is 261 g/mol. The van der Waals surface area contributed by atoms with E-state index in [4.69, 9.17) is 10.5 Å². The van der Waals surface area contributed by atoms with Crippen molar-refractivity contribution < 1.29 is 9.53 Å². The Morgan fingerprint density at radius 3 is 2.95 bits per heavy atom. The lowest BCUT2D eigenvalue weighted by atomic mass is 9.93. The second-order valence-corrected chi connectivity index (χ2v) is 5.15. The van der Waals surface area contributed by atoms with Crippen molar-refractivity contribution in [3.63, 3.8) is 0 Å². The van der Waals surface area contributed by atoms with Crippen molar-refractivity contribution >= 4 is 5.78 Å². The molecule has 3 heteroatoms. The molecule has 0 bridgehead atoms. The molecule has 0 fully saturated rings. The largest absolute Gasteiger partial charge is 0.373 e. The van der Waals surface area contributed by atoms with Gasteiger partial charge in [0, 0.05) is 12.8 Å². The Morgan fingerprint density at radius 2 is 2.11 bits per heavy atom. The zero-order valence-corrected chi connectivity index (χ0v) is 11.4. The predicted octanol–water partition coefficient (Wildman–Crippen LogP) is 2.78. The molecule has 1 aromatic rings. The van der Waals surface area contributed by atoms with Crippen LogP contribution in [0.5, 0.6) is 0 Å². The van der Waals surface area contributed by atoms with E-state index in [9.17, 15) is 4.79 Å². The number of ketones is 1. The van der Waals surface area contributed by atoms with Gasteiger partial charge in [-0.25, -0.2) is 0 Å². The third kappa shape index (κ3) is 4.15. The molecule has 3 nitrogen and oxygen atoms in total. The molecule has 0 radical (unpaired) electrons. The summed E-state index contributed by atoms with van der Waals surface area (Å²) in [6, 6.07) is 8.29. The topological polar surface area (TPSA) is 52.3 Å². The van der Waals surface area contributed by atoms with E-state index < -0.39 is 0 Å². The van der Waals surface area contributed by atoms with Gasteiger partial charge in [-0.2, -0.15) is 0 Å². The van der Waals surface area contributed by atoms with Crippen LogP contribution in [0, 0.1) is 0 Å². The standard InChI is InChI=1S/C16H23NO2/c17-10-5-1-2-7-14(18)12-16-15-8-4-3-6-13(15)9-11-19-16/h3-4,6,8,16H,1-2,5,7,9-12,17H2. The Balaban J connectivity index is 1.85. The number of rotatable bonds is 7. The molecule has 1 unspecified atom stereocenters. The van der Waals surface area contributed by atoms with Gasteiger partial charge in [-0.3, -0.25) is 4.79 Å². The lowest BCUT2D eigenvalue weighted by Crippen LogP contribution is -2.19. The Bertz CT molecular complexity index is 417. The number of hydrogen-bond acceptors (Lipinski definition) is 3. The van der Waals surface area contributed by atoms with Crippen LogP contribution < -0.4 is 5.73 Å². The number of hydrogen-bond donors (Lipinski definition) is 1. The SMILES string of the molecule is NCCCCCC(=O)CC1OCCc2ccccc21. The van der Waals surface area contributed by atoms with Crippen LogP contribution in [-0.4, -0.2) is 18.9 Å². The third-order valence-corrected chi connectivity index (χ3v) is 3.67. The Morgan fingerprint density at radius 1 is 1.26 bits per heavy atom. The Labute approximate surface area is 115 Å². The molecular formula is C16H23NO2. The fourth-order valence-corrected chi connectivity index (χ4v) is 2.60. The molecule has 0 amide bonds. The van der Waals surface area contributed by atoms with Crippen LogP contribution in [0.15, 0.2) is 24.3 Å². The average Bonchev–Trinajstić information content (AvgIpc) is 2.44. The molecule has 0 spiro atoms. The number of ether oxygens (including phenoxy) is 1. The van der Waals surface area contributed by atoms with E-state index in [0.717, 1.165) is 32.3 Å². The first kappa shape index (κ1) is 14.2. The van der Waals surface area contributed by atoms with Crippen LogP contribution in [0.2, 0.25) is 0 Å². The molecule has 104 valence electrons. The lowest BCUT2D eigenvalue weighted by Gasteiger charge is -2.25. The summed E-state index contributed by atoms with van der Waals surface area (Å²) < 4.78 is 5.76. The zero-order valence-electron chi connectivity index (χ0n) is 11.4. The Kier molecular flexibility index (Phi) is 5.55. The van der Waals surface area contributed by atoms with Crippen molar-refractivity contribution in [2.45, 2.75) is 44.6 Å². The van der Waals surface area contributed by atoms with Gasteiger partial charge >= 0.3 is 0 Å². The van der Waals surface area contributed by atoms with Crippen molar-refractivity contribution in [2.75, 3.05) is 13.2 Å². The molecule has 1 heterocycles. The third-order valence-electron chi connectivity index (χ3n) is 3.67. The van der Waals surface area contributed by atoms with E-state index in [1.807, 2.05) is 6.07 Å². The number of benzene rings is 1. The summed E-state index contributed by atoms with van der Waals surface area (Å²) in [5.41, 5.74) is 7.97. The molecule has 2 N–H and O–H groups in total. The molecular weight excluding hydrogens is 238 g/mol. The van der Waals surface area contributed by atoms with Crippen LogP contribution in [0.1, 0.15) is 49.3 Å². The first-order valence-electron chi connectivity index (χ1n) is 7.22. The minimum absolute atomic E-state index is 0.0352. The maximum atomic E-state index is 12.0. The highest BCUT2D eigenvalue weighted by Crippen LogP contribution is 2.30. The summed E-state index contributed by atoms with van der Waals surface area (Å²) in [7, 11) is 0. The van der Waals surface area contributed by atoms with Gasteiger partial charge in [0.05, 0.1) is 12.7 Å². The van der Waals surface area contributed by atoms with Crippen molar-refractivity contribution in [3.05, 3.63) is 35.4 Å². The van der Waals surface area contributed by atoms with E-state index in [2.05, 4.69) is 18.2 Å². The van der Waals surface area contributed by atoms with Crippen molar-refractivity contribution in [2.24, 2.45) is 5.73 Å². The van der Waals surface area contributed by atoms with Crippen LogP contribution in [-0.2, 0) is 16.0 Å². The quantitative estimate of drug-likeness (QED) is 0.768. The molecule has 1 atom stereocenters. The van der Waals surface area contributed by atoms with E-state index in [1.165, 1.54) is 11.1 Å². The number of nitrogens with two attached hydrogens (primary N) is 1. The van der Waals surface area contributed by atoms with Gasteiger partial charge in [-0.15, -0.1) is 0 Å². The minimum Gasteiger partial charge on any atom is -0.373 e. The van der Waals surface area contributed by atoms with Gasteiger partial charge in [0.2, 0.25) is 0 Å². The second-order valence-electron chi connectivity index (χ2n) is 5.15. The summed E-state index contributed by atoms with van der Waals surface area (Å²) in [5, 5.41) is 0. The minimum atomic E-state index is -0.0352. The highest BCUT2D eigenvalue weighted by atomic mass is 16.5. The number of Topliss-reactive ketones (excluding diaryl/α,β-unsaturated/α-hetero) is 1. The Hall–Kier alpha value is -1.19. The lowest BCUT2D eigenvalue weighted by molar-refractivity contribution is -0.122. The van der Waals surface area contributed by atoms with Crippen LogP contribution in [0.3, 0.4) is 0 Å². The highest BCUT2D eigenvalue weighted by Gasteiger charge is 2.22. The maximum Gasteiger partial charge on any atom is 0.135 e. The number of unbranched alkanes of at least 4 members (excludes halogenated alkanes) is 2. The molecule has 19 heavy (non-hydrogen) atoms. The fourth-order valence-electron chi connectivity index (χ4n) is 2.60. The highest BCUT2D eigenvalue weighted by molar-refractivity contribution is 5.79. The first-order valence-corrected chi connectivity index (χ1v) is 7.22. The van der Waals surface area contributed by atoms with Gasteiger partial charge in [0.25, 0.3) is 0 Å². The van der Waals surface area contributed by atoms with Crippen LogP contribution in [0.25, 0.3) is 0 Å². The molecule has 1 aliphatic heterocycles. The van der Waals surface area contributed by atoms with Gasteiger partial charge in [0.1, 0.15) is 5.78 Å². The maximum absolute atomic E-state index is 12.0. The molecule has 2 rings (SSSR count). The van der Waals surface area contributed by atoms with Gasteiger partial charge in [-0.1, -0.05) is 30.7 Å². The summed E-state index contributed by atoms with van der Waals surface area (Å²) >= 11 is 0. The molecule has 0 aliphatic carbocycles. The molecule has 0 saturated heterocycles. The van der Waals surface area contributed by atoms with Crippen molar-refractivity contribution in [1.82, 2.24) is 0 Å². The van der Waals surface area contributed by atoms with E-state index in [-0.39, 0.29) is 6.10 Å². The number of carbonyl (C=O) groups is 1. The second kappa shape index (κ2) is 7.41. The van der Waals surface area contributed by atoms with Crippen molar-refractivity contribution in [3.8, 4) is 0 Å². The molecule has 0 aromatic heterocycles. The van der Waals surface area contributed by atoms with Crippen LogP contribution >= 0.6 is 0 Å². The van der Waals surface area contributed by atoms with E-state index in [0.29, 0.717) is 25.2 Å².